The fourth-order valence-electron chi connectivity index (χ4n) is 3.83. The summed E-state index contributed by atoms with van der Waals surface area (Å²) in [4.78, 5) is 25.5. The molecule has 0 saturated heterocycles. The summed E-state index contributed by atoms with van der Waals surface area (Å²) >= 11 is 0. The van der Waals surface area contributed by atoms with Gasteiger partial charge < -0.3 is 25.7 Å². The number of amides is 1. The number of esters is 1. The van der Waals surface area contributed by atoms with Gasteiger partial charge in [-0.1, -0.05) is 47.6 Å². The first kappa shape index (κ1) is 27.8. The number of rotatable bonds is 8. The minimum Gasteiger partial charge on any atom is -0.465 e. The van der Waals surface area contributed by atoms with E-state index in [2.05, 4.69) is 10.5 Å². The van der Waals surface area contributed by atoms with E-state index in [1.807, 2.05) is 0 Å². The Bertz CT molecular complexity index is 1720. The quantitative estimate of drug-likeness (QED) is 0.0821. The number of nitrogens with two attached hydrogens (primary N) is 2. The zero-order valence-corrected chi connectivity index (χ0v) is 21.9. The summed E-state index contributed by atoms with van der Waals surface area (Å²) < 4.78 is 34.6. The smallest absolute Gasteiger partial charge is 0.337 e. The van der Waals surface area contributed by atoms with Gasteiger partial charge in [0.1, 0.15) is 11.5 Å². The summed E-state index contributed by atoms with van der Waals surface area (Å²) in [5.41, 5.74) is 7.59. The van der Waals surface area contributed by atoms with Crippen LogP contribution in [-0.4, -0.2) is 38.4 Å². The van der Waals surface area contributed by atoms with Crippen molar-refractivity contribution in [3.8, 4) is 22.6 Å². The van der Waals surface area contributed by atoms with E-state index in [1.165, 1.54) is 37.4 Å². The number of primary sulfonamides is 1. The largest absolute Gasteiger partial charge is 0.465 e. The fourth-order valence-corrected chi connectivity index (χ4v) is 4.59. The maximum absolute atomic E-state index is 13.3. The van der Waals surface area contributed by atoms with Crippen molar-refractivity contribution in [3.05, 3.63) is 108 Å². The molecule has 11 nitrogen and oxygen atoms in total. The van der Waals surface area contributed by atoms with E-state index in [9.17, 15) is 18.0 Å². The summed E-state index contributed by atoms with van der Waals surface area (Å²) in [6.45, 7) is 0. The first-order valence-corrected chi connectivity index (χ1v) is 13.2. The summed E-state index contributed by atoms with van der Waals surface area (Å²) in [6, 6.07) is 23.4. The molecule has 0 atom stereocenters. The molecule has 0 aliphatic rings. The number of carbonyl (C=O) groups is 2. The molecule has 0 aliphatic carbocycles. The zero-order valence-electron chi connectivity index (χ0n) is 21.1. The SMILES string of the molecule is COC(=O)c1ccc(Oc2cccc(C(N)=NO)c2)c(C(=O)Nc2ccc(-c3ccccc3S(N)(=O)=O)cc2)c1. The molecule has 6 N–H and O–H groups in total. The molecular formula is C28H24N4O7S. The third-order valence-corrected chi connectivity index (χ3v) is 6.73. The van der Waals surface area contributed by atoms with E-state index in [4.69, 9.17) is 25.6 Å². The van der Waals surface area contributed by atoms with Crippen LogP contribution in [0.1, 0.15) is 26.3 Å². The lowest BCUT2D eigenvalue weighted by Gasteiger charge is -2.14. The Balaban J connectivity index is 1.64. The number of sulfonamides is 1. The molecule has 0 unspecified atom stereocenters. The lowest BCUT2D eigenvalue weighted by Crippen LogP contribution is -2.15. The predicted octanol–water partition coefficient (Wildman–Crippen LogP) is 3.93. The first-order valence-electron chi connectivity index (χ1n) is 11.6. The molecule has 4 rings (SSSR count). The number of nitrogens with one attached hydrogen (secondary N) is 1. The number of hydrogen-bond acceptors (Lipinski definition) is 8. The monoisotopic (exact) mass is 560 g/mol. The second-order valence-corrected chi connectivity index (χ2v) is 9.92. The summed E-state index contributed by atoms with van der Waals surface area (Å²) in [5.74, 6) is -0.944. The van der Waals surface area contributed by atoms with Crippen LogP contribution in [0.25, 0.3) is 11.1 Å². The standard InChI is InChI=1S/C28H24N4O7S/c1-38-28(34)19-11-14-24(39-21-6-4-5-18(15-21)26(29)32-35)23(16-19)27(33)31-20-12-9-17(10-13-20)22-7-2-3-8-25(22)40(30,36)37/h2-16,35H,1H3,(H2,29,32)(H,31,33)(H2,30,36,37). The Morgan fingerprint density at radius 1 is 0.900 bits per heavy atom. The van der Waals surface area contributed by atoms with Gasteiger partial charge in [0.15, 0.2) is 5.84 Å². The van der Waals surface area contributed by atoms with E-state index in [-0.39, 0.29) is 27.6 Å². The highest BCUT2D eigenvalue weighted by Gasteiger charge is 2.19. The van der Waals surface area contributed by atoms with Crippen LogP contribution >= 0.6 is 0 Å². The molecule has 0 radical (unpaired) electrons. The Kier molecular flexibility index (Phi) is 8.12. The van der Waals surface area contributed by atoms with Gasteiger partial charge in [0.2, 0.25) is 10.0 Å². The van der Waals surface area contributed by atoms with Crippen molar-refractivity contribution in [2.24, 2.45) is 16.0 Å². The average molecular weight is 561 g/mol. The molecule has 0 aliphatic heterocycles. The van der Waals surface area contributed by atoms with Crippen LogP contribution in [0.5, 0.6) is 11.5 Å². The molecular weight excluding hydrogens is 536 g/mol. The average Bonchev–Trinajstić information content (AvgIpc) is 2.96. The van der Waals surface area contributed by atoms with Gasteiger partial charge in [-0.25, -0.2) is 18.4 Å². The van der Waals surface area contributed by atoms with Gasteiger partial charge >= 0.3 is 5.97 Å². The second-order valence-electron chi connectivity index (χ2n) is 8.39. The van der Waals surface area contributed by atoms with Gasteiger partial charge in [-0.05, 0) is 54.1 Å². The van der Waals surface area contributed by atoms with Crippen LogP contribution in [0.2, 0.25) is 0 Å². The highest BCUT2D eigenvalue weighted by atomic mass is 32.2. The minimum absolute atomic E-state index is 0.0238. The summed E-state index contributed by atoms with van der Waals surface area (Å²) in [6.07, 6.45) is 0. The number of benzene rings is 4. The van der Waals surface area contributed by atoms with Gasteiger partial charge in [-0.2, -0.15) is 0 Å². The van der Waals surface area contributed by atoms with Crippen molar-refractivity contribution < 1.29 is 32.7 Å². The number of carbonyl (C=O) groups excluding carboxylic acids is 2. The molecule has 40 heavy (non-hydrogen) atoms. The van der Waals surface area contributed by atoms with Gasteiger partial charge in [-0.15, -0.1) is 0 Å². The third-order valence-electron chi connectivity index (χ3n) is 5.76. The van der Waals surface area contributed by atoms with E-state index in [0.29, 0.717) is 28.1 Å². The molecule has 0 bridgehead atoms. The number of oxime groups is 1. The van der Waals surface area contributed by atoms with Gasteiger partial charge in [0.05, 0.1) is 23.1 Å². The number of hydrogen-bond donors (Lipinski definition) is 4. The van der Waals surface area contributed by atoms with Crippen LogP contribution in [0, 0.1) is 0 Å². The molecule has 0 fully saturated rings. The van der Waals surface area contributed by atoms with E-state index < -0.39 is 21.9 Å². The zero-order chi connectivity index (χ0) is 28.9. The van der Waals surface area contributed by atoms with Crippen LogP contribution in [0.3, 0.4) is 0 Å². The molecule has 4 aromatic carbocycles. The third kappa shape index (κ3) is 6.26. The van der Waals surface area contributed by atoms with Crippen molar-refractivity contribution in [1.29, 1.82) is 0 Å². The first-order chi connectivity index (χ1) is 19.1. The Morgan fingerprint density at radius 3 is 2.30 bits per heavy atom. The summed E-state index contributed by atoms with van der Waals surface area (Å²) in [7, 11) is -2.72. The molecule has 0 saturated carbocycles. The van der Waals surface area contributed by atoms with Crippen LogP contribution in [0.4, 0.5) is 5.69 Å². The molecule has 0 heterocycles. The Hall–Kier alpha value is -5.20. The van der Waals surface area contributed by atoms with Crippen molar-refractivity contribution >= 4 is 33.4 Å². The van der Waals surface area contributed by atoms with Crippen molar-refractivity contribution in [2.75, 3.05) is 12.4 Å². The summed E-state index contributed by atoms with van der Waals surface area (Å²) in [5, 5.41) is 20.0. The van der Waals surface area contributed by atoms with Crippen LogP contribution < -0.4 is 20.9 Å². The fraction of sp³-hybridized carbons (Fsp3) is 0.0357. The number of ether oxygens (including phenoxy) is 2. The normalized spacial score (nSPS) is 11.5. The molecule has 12 heteroatoms. The molecule has 204 valence electrons. The number of amidine groups is 1. The Morgan fingerprint density at radius 2 is 1.62 bits per heavy atom. The topological polar surface area (TPSA) is 183 Å². The highest BCUT2D eigenvalue weighted by Crippen LogP contribution is 2.30. The maximum Gasteiger partial charge on any atom is 0.337 e. The van der Waals surface area contributed by atoms with E-state index in [1.54, 1.807) is 60.7 Å². The van der Waals surface area contributed by atoms with Gasteiger partial charge in [0.25, 0.3) is 5.91 Å². The van der Waals surface area contributed by atoms with Crippen molar-refractivity contribution in [3.63, 3.8) is 0 Å². The predicted molar refractivity (Wildman–Crippen MR) is 148 cm³/mol. The lowest BCUT2D eigenvalue weighted by atomic mass is 10.0. The molecule has 1 amide bonds. The van der Waals surface area contributed by atoms with Crippen molar-refractivity contribution in [2.45, 2.75) is 4.90 Å². The molecule has 4 aromatic rings. The molecule has 0 aromatic heterocycles. The van der Waals surface area contributed by atoms with Crippen molar-refractivity contribution in [1.82, 2.24) is 0 Å². The van der Waals surface area contributed by atoms with E-state index in [0.717, 1.165) is 0 Å². The van der Waals surface area contributed by atoms with Gasteiger partial charge in [0, 0.05) is 16.8 Å². The minimum atomic E-state index is -3.95. The van der Waals surface area contributed by atoms with E-state index >= 15 is 0 Å². The lowest BCUT2D eigenvalue weighted by molar-refractivity contribution is 0.0600. The maximum atomic E-state index is 13.3. The van der Waals surface area contributed by atoms with Crippen LogP contribution in [-0.2, 0) is 14.8 Å². The highest BCUT2D eigenvalue weighted by molar-refractivity contribution is 7.89. The Labute approximate surface area is 229 Å². The molecule has 0 spiro atoms. The van der Waals surface area contributed by atoms with Gasteiger partial charge in [-0.3, -0.25) is 4.79 Å². The van der Waals surface area contributed by atoms with Crippen LogP contribution in [0.15, 0.2) is 101 Å². The second kappa shape index (κ2) is 11.7. The number of nitrogens with zero attached hydrogens (tertiary/aromatic N) is 1. The number of methoxy groups -OCH3 is 1. The number of anilines is 1.